The molecule has 2 fully saturated rings. The van der Waals surface area contributed by atoms with Gasteiger partial charge in [-0.15, -0.1) is 11.3 Å². The zero-order chi connectivity index (χ0) is 15.8. The van der Waals surface area contributed by atoms with Crippen LogP contribution in [0.2, 0.25) is 0 Å². The first-order valence-corrected chi connectivity index (χ1v) is 9.13. The fraction of sp³-hybridized carbons (Fsp3) is 0.529. The van der Waals surface area contributed by atoms with E-state index in [0.717, 1.165) is 19.5 Å². The van der Waals surface area contributed by atoms with Gasteiger partial charge in [-0.05, 0) is 56.8 Å². The van der Waals surface area contributed by atoms with Crippen LogP contribution in [0.25, 0.3) is 0 Å². The molecule has 1 atom stereocenters. The molecule has 0 spiro atoms. The van der Waals surface area contributed by atoms with E-state index < -0.39 is 5.97 Å². The highest BCUT2D eigenvalue weighted by atomic mass is 32.1. The predicted molar refractivity (Wildman–Crippen MR) is 88.8 cm³/mol. The van der Waals surface area contributed by atoms with Gasteiger partial charge in [0.15, 0.2) is 0 Å². The second-order valence-corrected chi connectivity index (χ2v) is 7.60. The first-order valence-electron chi connectivity index (χ1n) is 8.32. The molecule has 1 unspecified atom stereocenters. The molecule has 0 amide bonds. The molecule has 2 aromatic heterocycles. The third-order valence-electron chi connectivity index (χ3n) is 5.07. The minimum atomic E-state index is -0.825. The van der Waals surface area contributed by atoms with Gasteiger partial charge in [0.1, 0.15) is 4.88 Å². The fourth-order valence-corrected chi connectivity index (χ4v) is 4.64. The van der Waals surface area contributed by atoms with Gasteiger partial charge in [-0.2, -0.15) is 5.10 Å². The lowest BCUT2D eigenvalue weighted by molar-refractivity contribution is 0.0702. The summed E-state index contributed by atoms with van der Waals surface area (Å²) in [5, 5.41) is 13.7. The van der Waals surface area contributed by atoms with E-state index in [4.69, 9.17) is 5.11 Å². The van der Waals surface area contributed by atoms with Gasteiger partial charge in [-0.25, -0.2) is 4.79 Å². The summed E-state index contributed by atoms with van der Waals surface area (Å²) in [4.78, 5) is 15.2. The molecule has 0 bridgehead atoms. The number of carboxylic acids is 1. The van der Waals surface area contributed by atoms with E-state index in [-0.39, 0.29) is 0 Å². The van der Waals surface area contributed by atoms with Crippen LogP contribution in [0, 0.1) is 0 Å². The van der Waals surface area contributed by atoms with E-state index in [1.54, 1.807) is 6.07 Å². The van der Waals surface area contributed by atoms with Crippen molar-refractivity contribution in [3.63, 3.8) is 0 Å². The van der Waals surface area contributed by atoms with Crippen LogP contribution in [0.1, 0.15) is 64.4 Å². The Hall–Kier alpha value is -1.66. The molecule has 23 heavy (non-hydrogen) atoms. The Balaban J connectivity index is 1.51. The molecule has 1 saturated heterocycles. The Labute approximate surface area is 139 Å². The molecule has 5 nitrogen and oxygen atoms in total. The number of hydrogen-bond acceptors (Lipinski definition) is 4. The summed E-state index contributed by atoms with van der Waals surface area (Å²) in [5.74, 6) is -0.825. The summed E-state index contributed by atoms with van der Waals surface area (Å²) in [6.45, 7) is 1.97. The van der Waals surface area contributed by atoms with Crippen LogP contribution in [0.4, 0.5) is 0 Å². The summed E-state index contributed by atoms with van der Waals surface area (Å²) < 4.78 is 2.20. The van der Waals surface area contributed by atoms with Crippen LogP contribution in [-0.4, -0.2) is 32.3 Å². The maximum atomic E-state index is 11.1. The zero-order valence-corrected chi connectivity index (χ0v) is 13.8. The van der Waals surface area contributed by atoms with Crippen LogP contribution in [-0.2, 0) is 6.54 Å². The van der Waals surface area contributed by atoms with Crippen LogP contribution in [0.3, 0.4) is 0 Å². The average molecular weight is 331 g/mol. The van der Waals surface area contributed by atoms with Crippen molar-refractivity contribution in [2.45, 2.75) is 50.7 Å². The van der Waals surface area contributed by atoms with E-state index in [1.807, 2.05) is 12.3 Å². The Morgan fingerprint density at radius 1 is 1.26 bits per heavy atom. The first-order chi connectivity index (χ1) is 11.2. The summed E-state index contributed by atoms with van der Waals surface area (Å²) in [6, 6.07) is 6.78. The molecule has 1 aliphatic heterocycles. The van der Waals surface area contributed by atoms with E-state index in [9.17, 15) is 4.79 Å². The number of carboxylic acid groups (broad SMARTS) is 1. The Morgan fingerprint density at radius 2 is 2.13 bits per heavy atom. The number of thiophene rings is 1. The zero-order valence-electron chi connectivity index (χ0n) is 13.0. The second kappa shape index (κ2) is 6.09. The van der Waals surface area contributed by atoms with E-state index >= 15 is 0 Å². The van der Waals surface area contributed by atoms with Crippen molar-refractivity contribution in [3.05, 3.63) is 39.8 Å². The number of hydrogen-bond donors (Lipinski definition) is 1. The minimum Gasteiger partial charge on any atom is -0.477 e. The Morgan fingerprint density at radius 3 is 2.83 bits per heavy atom. The van der Waals surface area contributed by atoms with E-state index in [1.165, 1.54) is 47.6 Å². The van der Waals surface area contributed by atoms with Crippen LogP contribution in [0.15, 0.2) is 24.4 Å². The van der Waals surface area contributed by atoms with E-state index in [2.05, 4.69) is 20.7 Å². The quantitative estimate of drug-likeness (QED) is 0.907. The molecule has 3 heterocycles. The monoisotopic (exact) mass is 331 g/mol. The molecular weight excluding hydrogens is 310 g/mol. The topological polar surface area (TPSA) is 58.4 Å². The standard InChI is InChI=1S/C17H21N3O2S/c21-17(22)16-7-6-15(23-16)14-5-2-10-19(14)11-13-8-9-18-20(13)12-3-1-4-12/h6-9,12,14H,1-5,10-11H2,(H,21,22). The predicted octanol–water partition coefficient (Wildman–Crippen LogP) is 3.70. The summed E-state index contributed by atoms with van der Waals surface area (Å²) >= 11 is 1.42. The van der Waals surface area contributed by atoms with Crippen molar-refractivity contribution in [2.75, 3.05) is 6.54 Å². The SMILES string of the molecule is O=C(O)c1ccc(C2CCCN2Cc2ccnn2C2CCC2)s1. The molecule has 2 aliphatic rings. The lowest BCUT2D eigenvalue weighted by Crippen LogP contribution is -2.26. The molecule has 6 heteroatoms. The van der Waals surface area contributed by atoms with Crippen LogP contribution >= 0.6 is 11.3 Å². The molecule has 0 aromatic carbocycles. The van der Waals surface area contributed by atoms with Gasteiger partial charge in [0.25, 0.3) is 0 Å². The number of nitrogens with zero attached hydrogens (tertiary/aromatic N) is 3. The molecule has 2 aromatic rings. The third-order valence-corrected chi connectivity index (χ3v) is 6.24. The second-order valence-electron chi connectivity index (χ2n) is 6.49. The summed E-state index contributed by atoms with van der Waals surface area (Å²) in [6.07, 6.45) is 7.98. The molecule has 0 radical (unpaired) electrons. The minimum absolute atomic E-state index is 0.345. The maximum Gasteiger partial charge on any atom is 0.345 e. The van der Waals surface area contributed by atoms with Crippen LogP contribution < -0.4 is 0 Å². The van der Waals surface area contributed by atoms with Crippen molar-refractivity contribution in [2.24, 2.45) is 0 Å². The van der Waals surface area contributed by atoms with Crippen molar-refractivity contribution < 1.29 is 9.90 Å². The molecule has 1 saturated carbocycles. The lowest BCUT2D eigenvalue weighted by Gasteiger charge is -2.30. The van der Waals surface area contributed by atoms with Crippen LogP contribution in [0.5, 0.6) is 0 Å². The van der Waals surface area contributed by atoms with Crippen molar-refractivity contribution >= 4 is 17.3 Å². The van der Waals surface area contributed by atoms with E-state index in [0.29, 0.717) is 17.0 Å². The molecule has 1 N–H and O–H groups in total. The maximum absolute atomic E-state index is 11.1. The van der Waals surface area contributed by atoms with Gasteiger partial charge in [-0.3, -0.25) is 9.58 Å². The number of carbonyl (C=O) groups is 1. The molecule has 4 rings (SSSR count). The van der Waals surface area contributed by atoms with Gasteiger partial charge in [0.2, 0.25) is 0 Å². The number of aromatic carboxylic acids is 1. The lowest BCUT2D eigenvalue weighted by atomic mass is 9.93. The summed E-state index contributed by atoms with van der Waals surface area (Å²) in [5.41, 5.74) is 1.29. The average Bonchev–Trinajstić information content (AvgIpc) is 3.18. The van der Waals surface area contributed by atoms with Crippen molar-refractivity contribution in [1.82, 2.24) is 14.7 Å². The van der Waals surface area contributed by atoms with Gasteiger partial charge in [0, 0.05) is 23.7 Å². The summed E-state index contributed by atoms with van der Waals surface area (Å²) in [7, 11) is 0. The molecular formula is C17H21N3O2S. The highest BCUT2D eigenvalue weighted by Gasteiger charge is 2.30. The normalized spacial score (nSPS) is 22.3. The first kappa shape index (κ1) is 14.9. The van der Waals surface area contributed by atoms with Gasteiger partial charge in [-0.1, -0.05) is 0 Å². The van der Waals surface area contributed by atoms with Crippen molar-refractivity contribution in [1.29, 1.82) is 0 Å². The van der Waals surface area contributed by atoms with Gasteiger partial charge >= 0.3 is 5.97 Å². The largest absolute Gasteiger partial charge is 0.477 e. The highest BCUT2D eigenvalue weighted by molar-refractivity contribution is 7.14. The van der Waals surface area contributed by atoms with Gasteiger partial charge < -0.3 is 5.11 Å². The number of rotatable bonds is 5. The van der Waals surface area contributed by atoms with Gasteiger partial charge in [0.05, 0.1) is 11.7 Å². The molecule has 1 aliphatic carbocycles. The number of aromatic nitrogens is 2. The third kappa shape index (κ3) is 2.81. The van der Waals surface area contributed by atoms with Crippen molar-refractivity contribution in [3.8, 4) is 0 Å². The Kier molecular flexibility index (Phi) is 3.95. The highest BCUT2D eigenvalue weighted by Crippen LogP contribution is 2.38. The number of likely N-dealkylation sites (tertiary alicyclic amines) is 1. The fourth-order valence-electron chi connectivity index (χ4n) is 3.62. The Bertz CT molecular complexity index is 704. The molecule has 122 valence electrons. The smallest absolute Gasteiger partial charge is 0.345 e.